The van der Waals surface area contributed by atoms with E-state index in [2.05, 4.69) is 23.2 Å². The number of hydrogen-bond donors (Lipinski definition) is 1. The quantitative estimate of drug-likeness (QED) is 0.801. The van der Waals surface area contributed by atoms with Gasteiger partial charge in [0.2, 0.25) is 0 Å². The van der Waals surface area contributed by atoms with Gasteiger partial charge in [-0.05, 0) is 64.3 Å². The van der Waals surface area contributed by atoms with Crippen LogP contribution in [0, 0.1) is 20.8 Å². The monoisotopic (exact) mass is 347 g/mol. The number of ether oxygens (including phenoxy) is 1. The van der Waals surface area contributed by atoms with Crippen LogP contribution in [-0.4, -0.2) is 28.8 Å². The number of benzene rings is 1. The van der Waals surface area contributed by atoms with E-state index in [1.54, 1.807) is 20.8 Å². The molecule has 25 heavy (non-hydrogen) atoms. The van der Waals surface area contributed by atoms with Gasteiger partial charge in [0.15, 0.2) is 0 Å². The predicted octanol–water partition coefficient (Wildman–Crippen LogP) is 4.68. The molecule has 0 aliphatic heterocycles. The van der Waals surface area contributed by atoms with Crippen molar-refractivity contribution in [1.82, 2.24) is 4.98 Å². The molecule has 1 N–H and O–H groups in total. The Balaban J connectivity index is 0.000000710. The maximum atomic E-state index is 11.4. The summed E-state index contributed by atoms with van der Waals surface area (Å²) in [5, 5.41) is 9.62. The molecule has 4 heteroatoms. The van der Waals surface area contributed by atoms with E-state index in [1.165, 1.54) is 12.7 Å². The van der Waals surface area contributed by atoms with Crippen LogP contribution >= 0.6 is 0 Å². The predicted molar refractivity (Wildman–Crippen MR) is 105 cm³/mol. The second-order valence-electron chi connectivity index (χ2n) is 6.75. The normalized spacial score (nSPS) is 10.3. The highest BCUT2D eigenvalue weighted by molar-refractivity contribution is 5.85. The molecule has 0 amide bonds. The number of aromatic nitrogens is 1. The zero-order valence-corrected chi connectivity index (χ0v) is 17.2. The molecular weight excluding hydrogens is 314 g/mol. The van der Waals surface area contributed by atoms with E-state index in [9.17, 15) is 4.79 Å². The van der Waals surface area contributed by atoms with Crippen LogP contribution in [0.1, 0.15) is 57.0 Å². The third kappa shape index (κ3) is 8.12. The third-order valence-electron chi connectivity index (χ3n) is 3.28. The highest BCUT2D eigenvalue weighted by Gasteiger charge is 2.13. The lowest BCUT2D eigenvalue weighted by atomic mass is 9.99. The fourth-order valence-electron chi connectivity index (χ4n) is 2.21. The number of aliphatic hydroxyl groups is 1. The van der Waals surface area contributed by atoms with Crippen molar-refractivity contribution in [2.24, 2.45) is 0 Å². The molecule has 0 aliphatic carbocycles. The van der Waals surface area contributed by atoms with Gasteiger partial charge in [-0.1, -0.05) is 26.0 Å². The fourth-order valence-corrected chi connectivity index (χ4v) is 2.21. The number of pyridine rings is 1. The van der Waals surface area contributed by atoms with Crippen LogP contribution in [0.4, 0.5) is 0 Å². The van der Waals surface area contributed by atoms with Crippen LogP contribution < -0.4 is 0 Å². The molecule has 0 aliphatic rings. The first kappa shape index (κ1) is 23.1. The Morgan fingerprint density at radius 1 is 1.16 bits per heavy atom. The Bertz CT molecular complexity index is 694. The van der Waals surface area contributed by atoms with Crippen molar-refractivity contribution < 1.29 is 14.6 Å². The lowest BCUT2D eigenvalue weighted by molar-refractivity contribution is -0.139. The average Bonchev–Trinajstić information content (AvgIpc) is 2.51. The molecule has 1 heterocycles. The van der Waals surface area contributed by atoms with E-state index < -0.39 is 5.60 Å². The summed E-state index contributed by atoms with van der Waals surface area (Å²) < 4.78 is 4.73. The van der Waals surface area contributed by atoms with Gasteiger partial charge in [0.1, 0.15) is 0 Å². The first-order chi connectivity index (χ1) is 11.5. The Kier molecular flexibility index (Phi) is 9.35. The summed E-state index contributed by atoms with van der Waals surface area (Å²) in [5.41, 5.74) is 4.66. The Hall–Kier alpha value is -1.94. The number of rotatable bonds is 2. The number of nitrogens with zero attached hydrogens (tertiary/aromatic N) is 1. The van der Waals surface area contributed by atoms with Crippen LogP contribution in [-0.2, 0) is 16.0 Å². The maximum absolute atomic E-state index is 11.4. The minimum absolute atomic E-state index is 0.227. The summed E-state index contributed by atoms with van der Waals surface area (Å²) in [6.07, 6.45) is 0.283. The van der Waals surface area contributed by atoms with Gasteiger partial charge >= 0.3 is 5.97 Å². The maximum Gasteiger partial charge on any atom is 0.310 e. The first-order valence-electron chi connectivity index (χ1n) is 8.68. The second-order valence-corrected chi connectivity index (χ2v) is 6.75. The van der Waals surface area contributed by atoms with E-state index in [4.69, 9.17) is 9.84 Å². The average molecular weight is 347 g/mol. The summed E-state index contributed by atoms with van der Waals surface area (Å²) in [7, 11) is 1.41. The molecule has 1 aromatic carbocycles. The van der Waals surface area contributed by atoms with Gasteiger partial charge in [0.25, 0.3) is 0 Å². The number of aryl methyl sites for hydroxylation is 3. The van der Waals surface area contributed by atoms with Crippen LogP contribution in [0.25, 0.3) is 10.9 Å². The zero-order valence-electron chi connectivity index (χ0n) is 17.2. The highest BCUT2D eigenvalue weighted by atomic mass is 16.5. The molecule has 0 radical (unpaired) electrons. The Morgan fingerprint density at radius 3 is 2.16 bits per heavy atom. The number of hydrogen-bond acceptors (Lipinski definition) is 4. The van der Waals surface area contributed by atoms with Crippen molar-refractivity contribution in [3.8, 4) is 0 Å². The van der Waals surface area contributed by atoms with E-state index in [-0.39, 0.29) is 12.4 Å². The van der Waals surface area contributed by atoms with Gasteiger partial charge in [-0.15, -0.1) is 0 Å². The minimum atomic E-state index is -0.500. The van der Waals surface area contributed by atoms with Crippen LogP contribution in [0.3, 0.4) is 0 Å². The summed E-state index contributed by atoms with van der Waals surface area (Å²) in [5.74, 6) is -0.227. The Labute approximate surface area is 152 Å². The zero-order chi connectivity index (χ0) is 19.8. The van der Waals surface area contributed by atoms with Crippen molar-refractivity contribution in [2.45, 2.75) is 67.4 Å². The molecule has 2 rings (SSSR count). The number of fused-ring (bicyclic) bond motifs is 1. The lowest BCUT2D eigenvalue weighted by Crippen LogP contribution is -2.10. The molecule has 1 aromatic heterocycles. The number of methoxy groups -OCH3 is 1. The molecule has 2 aromatic rings. The van der Waals surface area contributed by atoms with Crippen molar-refractivity contribution in [1.29, 1.82) is 0 Å². The molecule has 0 spiro atoms. The van der Waals surface area contributed by atoms with Crippen LogP contribution in [0.15, 0.2) is 18.2 Å². The fraction of sp³-hybridized carbons (Fsp3) is 0.524. The number of carbonyl (C=O) groups excluding carboxylic acids is 1. The largest absolute Gasteiger partial charge is 0.469 e. The second kappa shape index (κ2) is 10.1. The van der Waals surface area contributed by atoms with E-state index in [0.29, 0.717) is 0 Å². The van der Waals surface area contributed by atoms with Crippen molar-refractivity contribution in [2.75, 3.05) is 7.11 Å². The van der Waals surface area contributed by atoms with E-state index in [1.807, 2.05) is 34.6 Å². The topological polar surface area (TPSA) is 59.4 Å². The van der Waals surface area contributed by atoms with Gasteiger partial charge < -0.3 is 9.84 Å². The molecule has 0 fully saturated rings. The van der Waals surface area contributed by atoms with Crippen molar-refractivity contribution in [3.05, 3.63) is 40.6 Å². The number of carbonyl (C=O) groups is 1. The standard InChI is InChI=1S/C15H17NO2.C4H10O.C2H6/c1-9-5-6-12-10(2)13(8-15(17)18-4)11(3)16-14(12)7-9;1-4(2,3)5;1-2/h5-7H,8H2,1-4H3;5H,1-3H3;1-2H3. The van der Waals surface area contributed by atoms with E-state index >= 15 is 0 Å². The molecular formula is C21H33NO3. The lowest BCUT2D eigenvalue weighted by Gasteiger charge is -2.12. The van der Waals surface area contributed by atoms with Gasteiger partial charge in [-0.25, -0.2) is 0 Å². The van der Waals surface area contributed by atoms with Gasteiger partial charge in [0.05, 0.1) is 24.6 Å². The highest BCUT2D eigenvalue weighted by Crippen LogP contribution is 2.24. The summed E-state index contributed by atoms with van der Waals surface area (Å²) in [6.45, 7) is 15.2. The summed E-state index contributed by atoms with van der Waals surface area (Å²) in [6, 6.07) is 6.19. The third-order valence-corrected chi connectivity index (χ3v) is 3.28. The van der Waals surface area contributed by atoms with Crippen molar-refractivity contribution >= 4 is 16.9 Å². The summed E-state index contributed by atoms with van der Waals surface area (Å²) in [4.78, 5) is 16.0. The van der Waals surface area contributed by atoms with E-state index in [0.717, 1.165) is 27.7 Å². The van der Waals surface area contributed by atoms with Crippen molar-refractivity contribution in [3.63, 3.8) is 0 Å². The molecule has 0 unspecified atom stereocenters. The smallest absolute Gasteiger partial charge is 0.310 e. The molecule has 4 nitrogen and oxygen atoms in total. The Morgan fingerprint density at radius 2 is 1.68 bits per heavy atom. The molecule has 0 saturated carbocycles. The molecule has 0 saturated heterocycles. The molecule has 0 bridgehead atoms. The van der Waals surface area contributed by atoms with Crippen LogP contribution in [0.5, 0.6) is 0 Å². The van der Waals surface area contributed by atoms with Crippen LogP contribution in [0.2, 0.25) is 0 Å². The summed E-state index contributed by atoms with van der Waals surface area (Å²) >= 11 is 0. The number of esters is 1. The first-order valence-corrected chi connectivity index (χ1v) is 8.68. The molecule has 0 atom stereocenters. The van der Waals surface area contributed by atoms with Gasteiger partial charge in [-0.3, -0.25) is 9.78 Å². The van der Waals surface area contributed by atoms with Gasteiger partial charge in [0, 0.05) is 11.1 Å². The molecule has 140 valence electrons. The van der Waals surface area contributed by atoms with Gasteiger partial charge in [-0.2, -0.15) is 0 Å². The SMILES string of the molecule is CC.CC(C)(C)O.COC(=O)Cc1c(C)nc2cc(C)ccc2c1C. The minimum Gasteiger partial charge on any atom is -0.469 e.